The minimum Gasteiger partial charge on any atom is -0.445 e. The molecule has 1 saturated heterocycles. The first-order valence-electron chi connectivity index (χ1n) is 29.0. The third-order valence-electron chi connectivity index (χ3n) is 14.1. The number of nitrogens with zero attached hydrogens (tertiary/aromatic N) is 5. The second kappa shape index (κ2) is 33.0. The average Bonchev–Trinajstić information content (AvgIpc) is 3.84. The first-order valence-corrected chi connectivity index (χ1v) is 29.0. The van der Waals surface area contributed by atoms with Crippen molar-refractivity contribution in [1.82, 2.24) is 41.4 Å². The number of urea groups is 1. The Balaban J connectivity index is 0.883. The Kier molecular flexibility index (Phi) is 25.2. The predicted octanol–water partition coefficient (Wildman–Crippen LogP) is 4.13. The summed E-state index contributed by atoms with van der Waals surface area (Å²) >= 11 is 0. The number of nitrogens with one attached hydrogen (secondary N) is 7. The molecule has 25 nitrogen and oxygen atoms in total. The number of imide groups is 1. The number of amides is 11. The van der Waals surface area contributed by atoms with Gasteiger partial charge in [-0.2, -0.15) is 0 Å². The van der Waals surface area contributed by atoms with Crippen molar-refractivity contribution in [2.75, 3.05) is 67.9 Å². The molecule has 1 aromatic heterocycles. The fourth-order valence-electron chi connectivity index (χ4n) is 9.53. The summed E-state index contributed by atoms with van der Waals surface area (Å²) in [6.45, 7) is 10.5. The van der Waals surface area contributed by atoms with Crippen LogP contribution in [0.2, 0.25) is 0 Å². The molecule has 0 saturated carbocycles. The highest BCUT2D eigenvalue weighted by Crippen LogP contribution is 2.30. The highest BCUT2D eigenvalue weighted by Gasteiger charge is 2.30. The number of fused-ring (bicyclic) bond motifs is 1. The van der Waals surface area contributed by atoms with Crippen molar-refractivity contribution in [2.45, 2.75) is 111 Å². The van der Waals surface area contributed by atoms with Crippen molar-refractivity contribution >= 4 is 94.2 Å². The number of hydrogen-bond donors (Lipinski definition) is 9. The molecule has 3 aromatic rings. The van der Waals surface area contributed by atoms with E-state index in [1.807, 2.05) is 24.8 Å². The predicted molar refractivity (Wildman–Crippen MR) is 324 cm³/mol. The van der Waals surface area contributed by atoms with Crippen molar-refractivity contribution in [2.24, 2.45) is 28.3 Å². The lowest BCUT2D eigenvalue weighted by Crippen LogP contribution is -2.54. The maximum absolute atomic E-state index is 13.6. The van der Waals surface area contributed by atoms with Crippen LogP contribution in [0.15, 0.2) is 83.5 Å². The molecule has 1 fully saturated rings. The molecule has 86 heavy (non-hydrogen) atoms. The monoisotopic (exact) mass is 1180 g/mol. The number of alkyl carbamates (subject to hydrolysis) is 1. The zero-order chi connectivity index (χ0) is 62.1. The SMILES string of the molecule is CCCN(CCC)C(=O)C1=Cc2ccc(C(=O)Nc3ccc(N4CCC(C(=O)NCCNC(=O)OCc5ccc(NC(=O)C(C#CCCNC(N)=O)NC(=O)[C@@H](NC(=O)CCCCCN6C(=O)C=CC6=O)C(C)C)cc5)CC4)nc3)cc2N=C(N)C1. The quantitative estimate of drug-likeness (QED) is 0.0281. The van der Waals surface area contributed by atoms with Gasteiger partial charge in [-0.15, -0.1) is 0 Å². The molecular formula is C61H78N14O11. The lowest BCUT2D eigenvalue weighted by atomic mass is 9.96. The average molecular weight is 1180 g/mol. The van der Waals surface area contributed by atoms with E-state index in [4.69, 9.17) is 16.2 Å². The molecule has 2 aromatic carbocycles. The van der Waals surface area contributed by atoms with Gasteiger partial charge >= 0.3 is 12.1 Å². The number of ether oxygens (including phenoxy) is 1. The molecule has 458 valence electrons. The summed E-state index contributed by atoms with van der Waals surface area (Å²) in [7, 11) is 0. The van der Waals surface area contributed by atoms with E-state index in [0.29, 0.717) is 103 Å². The van der Waals surface area contributed by atoms with Crippen LogP contribution in [0, 0.1) is 23.7 Å². The Labute approximate surface area is 500 Å². The molecule has 11 amide bonds. The third kappa shape index (κ3) is 20.3. The van der Waals surface area contributed by atoms with Crippen molar-refractivity contribution < 1.29 is 52.7 Å². The number of unbranched alkanes of at least 4 members (excludes halogenated alkanes) is 2. The van der Waals surface area contributed by atoms with E-state index in [0.717, 1.165) is 17.7 Å². The minimum absolute atomic E-state index is 0.0661. The van der Waals surface area contributed by atoms with Crippen LogP contribution in [-0.4, -0.2) is 144 Å². The van der Waals surface area contributed by atoms with Crippen LogP contribution in [-0.2, 0) is 44.9 Å². The van der Waals surface area contributed by atoms with E-state index in [-0.39, 0.29) is 99.3 Å². The van der Waals surface area contributed by atoms with Gasteiger partial charge in [0.1, 0.15) is 24.3 Å². The topological polar surface area (TPSA) is 351 Å². The van der Waals surface area contributed by atoms with Crippen LogP contribution in [0.5, 0.6) is 0 Å². The van der Waals surface area contributed by atoms with Gasteiger partial charge in [0.2, 0.25) is 23.6 Å². The molecule has 4 heterocycles. The Morgan fingerprint density at radius 3 is 2.16 bits per heavy atom. The number of carbonyl (C=O) groups is 10. The normalized spacial score (nSPS) is 14.4. The Bertz CT molecular complexity index is 3080. The highest BCUT2D eigenvalue weighted by molar-refractivity contribution is 6.13. The lowest BCUT2D eigenvalue weighted by Gasteiger charge is -2.32. The smallest absolute Gasteiger partial charge is 0.407 e. The van der Waals surface area contributed by atoms with Crippen molar-refractivity contribution in [3.63, 3.8) is 0 Å². The van der Waals surface area contributed by atoms with Gasteiger partial charge in [-0.05, 0) is 92.5 Å². The zero-order valence-corrected chi connectivity index (χ0v) is 49.1. The Morgan fingerprint density at radius 2 is 1.50 bits per heavy atom. The summed E-state index contributed by atoms with van der Waals surface area (Å²) in [4.78, 5) is 141. The number of hydrogen-bond acceptors (Lipinski definition) is 15. The van der Waals surface area contributed by atoms with Gasteiger partial charge in [-0.3, -0.25) is 43.3 Å². The van der Waals surface area contributed by atoms with Gasteiger partial charge in [0.15, 0.2) is 6.04 Å². The minimum atomic E-state index is -1.37. The molecule has 25 heteroatoms. The number of nitrogens with two attached hydrogens (primary N) is 2. The van der Waals surface area contributed by atoms with Crippen LogP contribution in [0.25, 0.3) is 6.08 Å². The van der Waals surface area contributed by atoms with E-state index < -0.39 is 41.9 Å². The molecular weight excluding hydrogens is 1100 g/mol. The molecule has 1 unspecified atom stereocenters. The molecule has 0 bridgehead atoms. The van der Waals surface area contributed by atoms with Crippen LogP contribution in [0.4, 0.5) is 32.5 Å². The first kappa shape index (κ1) is 65.6. The van der Waals surface area contributed by atoms with Gasteiger partial charge in [-0.1, -0.05) is 64.2 Å². The van der Waals surface area contributed by atoms with Gasteiger partial charge in [0.25, 0.3) is 23.6 Å². The van der Waals surface area contributed by atoms with Gasteiger partial charge in [0.05, 0.1) is 17.6 Å². The summed E-state index contributed by atoms with van der Waals surface area (Å²) in [5.41, 5.74) is 14.9. The molecule has 0 spiro atoms. The van der Waals surface area contributed by atoms with Crippen molar-refractivity contribution in [3.8, 4) is 11.8 Å². The van der Waals surface area contributed by atoms with Crippen LogP contribution in [0.3, 0.4) is 0 Å². The van der Waals surface area contributed by atoms with Gasteiger partial charge in [0, 0.05) is 112 Å². The van der Waals surface area contributed by atoms with Crippen molar-refractivity contribution in [3.05, 3.63) is 95.2 Å². The number of carbonyl (C=O) groups excluding carboxylic acids is 10. The summed E-state index contributed by atoms with van der Waals surface area (Å²) < 4.78 is 5.35. The van der Waals surface area contributed by atoms with E-state index in [1.165, 1.54) is 12.2 Å². The van der Waals surface area contributed by atoms with Crippen LogP contribution >= 0.6 is 0 Å². The second-order valence-corrected chi connectivity index (χ2v) is 21.2. The number of pyridine rings is 1. The number of rotatable bonds is 28. The zero-order valence-electron chi connectivity index (χ0n) is 49.1. The molecule has 6 rings (SSSR count). The number of piperidine rings is 1. The maximum atomic E-state index is 13.6. The van der Waals surface area contributed by atoms with Crippen LogP contribution in [0.1, 0.15) is 113 Å². The number of anilines is 3. The van der Waals surface area contributed by atoms with Gasteiger partial charge in [-0.25, -0.2) is 19.6 Å². The second-order valence-electron chi connectivity index (χ2n) is 21.2. The summed E-state index contributed by atoms with van der Waals surface area (Å²) in [6, 6.07) is 11.9. The Morgan fingerprint density at radius 1 is 0.802 bits per heavy atom. The van der Waals surface area contributed by atoms with E-state index in [1.54, 1.807) is 74.7 Å². The van der Waals surface area contributed by atoms with Gasteiger partial charge < -0.3 is 63.2 Å². The fourth-order valence-corrected chi connectivity index (χ4v) is 9.53. The first-order chi connectivity index (χ1) is 41.3. The van der Waals surface area contributed by atoms with E-state index in [2.05, 4.69) is 63.9 Å². The molecule has 11 N–H and O–H groups in total. The third-order valence-corrected chi connectivity index (χ3v) is 14.1. The van der Waals surface area contributed by atoms with Crippen LogP contribution < -0.4 is 53.6 Å². The summed E-state index contributed by atoms with van der Waals surface area (Å²) in [5, 5.41) is 18.8. The van der Waals surface area contributed by atoms with E-state index >= 15 is 0 Å². The number of amidine groups is 1. The number of aliphatic imine (C=N–C) groups is 1. The van der Waals surface area contributed by atoms with E-state index in [9.17, 15) is 47.9 Å². The molecule has 0 aliphatic carbocycles. The maximum Gasteiger partial charge on any atom is 0.407 e. The Hall–Kier alpha value is -9.60. The fraction of sp³-hybridized carbons (Fsp3) is 0.443. The standard InChI is InChI=1S/C61H78N14O11/c1-5-29-74(30-6-2)59(83)44-34-42-16-17-43(35-48(42)70-49(62)36-44)56(80)69-46-20-21-50(67-37-46)73-32-24-41(25-33-73)55(79)64-27-28-66-61(85)86-38-40-14-18-45(19-15-40)68-57(81)47(12-9-10-26-65-60(63)84)71-58(82)54(39(3)4)72-51(76)13-8-7-11-31-75-52(77)22-23-53(75)78/h14-23,34-35,37,39,41,47,54H,5-8,10-11,13,24-33,36,38H2,1-4H3,(H2,62,70)(H,64,79)(H,66,85)(H,68,81)(H,69,80)(H,71,82)(H,72,76)(H3,63,65,84)/t47?,54-/m0/s1. The lowest BCUT2D eigenvalue weighted by molar-refractivity contribution is -0.137. The molecule has 0 radical (unpaired) electrons. The molecule has 2 atom stereocenters. The molecule has 3 aliphatic heterocycles. The molecule has 3 aliphatic rings. The number of aromatic nitrogens is 1. The summed E-state index contributed by atoms with van der Waals surface area (Å²) in [6.07, 6.45) is 9.89. The van der Waals surface area contributed by atoms with Crippen molar-refractivity contribution in [1.29, 1.82) is 0 Å². The number of primary amides is 1. The largest absolute Gasteiger partial charge is 0.445 e. The summed E-state index contributed by atoms with van der Waals surface area (Å²) in [5.74, 6) is 2.82. The highest BCUT2D eigenvalue weighted by atomic mass is 16.5. The number of benzene rings is 2.